The van der Waals surface area contributed by atoms with Gasteiger partial charge < -0.3 is 5.11 Å². The van der Waals surface area contributed by atoms with Crippen LogP contribution in [0, 0.1) is 20.8 Å². The van der Waals surface area contributed by atoms with Crippen molar-refractivity contribution in [3.63, 3.8) is 0 Å². The Hall–Kier alpha value is -2.78. The van der Waals surface area contributed by atoms with Crippen molar-refractivity contribution >= 4 is 23.3 Å². The van der Waals surface area contributed by atoms with Crippen LogP contribution in [0.15, 0.2) is 82.6 Å². The van der Waals surface area contributed by atoms with E-state index in [0.29, 0.717) is 4.91 Å². The summed E-state index contributed by atoms with van der Waals surface area (Å²) < 4.78 is 0. The topological polar surface area (TPSA) is 37.3 Å². The molecule has 136 valence electrons. The summed E-state index contributed by atoms with van der Waals surface area (Å²) in [6, 6.07) is 23.9. The van der Waals surface area contributed by atoms with Crippen LogP contribution in [0.5, 0.6) is 0 Å². The molecule has 0 aromatic heterocycles. The predicted octanol–water partition coefficient (Wildman–Crippen LogP) is 6.25. The molecule has 3 rings (SSSR count). The number of benzene rings is 3. The van der Waals surface area contributed by atoms with Gasteiger partial charge >= 0.3 is 5.97 Å². The molecule has 2 nitrogen and oxygen atoms in total. The summed E-state index contributed by atoms with van der Waals surface area (Å²) in [5, 5.41) is 10.0. The van der Waals surface area contributed by atoms with Crippen molar-refractivity contribution in [3.05, 3.63) is 106 Å². The molecule has 0 radical (unpaired) electrons. The minimum Gasteiger partial charge on any atom is -0.477 e. The van der Waals surface area contributed by atoms with E-state index in [1.807, 2.05) is 93.6 Å². The largest absolute Gasteiger partial charge is 0.477 e. The number of thioether (sulfide) groups is 1. The van der Waals surface area contributed by atoms with E-state index in [1.165, 1.54) is 11.8 Å². The lowest BCUT2D eigenvalue weighted by Gasteiger charge is -2.14. The number of aliphatic carboxylic acids is 1. The van der Waals surface area contributed by atoms with Gasteiger partial charge in [0.1, 0.15) is 4.91 Å². The monoisotopic (exact) mass is 374 g/mol. The number of hydrogen-bond donors (Lipinski definition) is 1. The second-order valence-electron chi connectivity index (χ2n) is 6.66. The molecule has 0 fully saturated rings. The third-order valence-electron chi connectivity index (χ3n) is 4.31. The molecule has 27 heavy (non-hydrogen) atoms. The zero-order valence-corrected chi connectivity index (χ0v) is 16.5. The zero-order valence-electron chi connectivity index (χ0n) is 15.7. The molecule has 0 aliphatic carbocycles. The number of carboxylic acid groups (broad SMARTS) is 1. The van der Waals surface area contributed by atoms with Crippen molar-refractivity contribution in [1.82, 2.24) is 0 Å². The van der Waals surface area contributed by atoms with Gasteiger partial charge in [-0.25, -0.2) is 4.79 Å². The zero-order chi connectivity index (χ0) is 19.4. The molecular weight excluding hydrogens is 352 g/mol. The Morgan fingerprint density at radius 1 is 0.741 bits per heavy atom. The molecule has 0 saturated carbocycles. The molecule has 1 N–H and O–H groups in total. The first-order chi connectivity index (χ1) is 12.9. The van der Waals surface area contributed by atoms with Gasteiger partial charge in [0.25, 0.3) is 0 Å². The molecule has 0 saturated heterocycles. The molecule has 0 aliphatic heterocycles. The summed E-state index contributed by atoms with van der Waals surface area (Å²) in [5.74, 6) is -0.919. The number of rotatable bonds is 5. The normalized spacial score (nSPS) is 11.8. The summed E-state index contributed by atoms with van der Waals surface area (Å²) in [4.78, 5) is 13.5. The highest BCUT2D eigenvalue weighted by Crippen LogP contribution is 2.37. The fourth-order valence-electron chi connectivity index (χ4n) is 2.88. The van der Waals surface area contributed by atoms with Gasteiger partial charge in [0.05, 0.1) is 0 Å². The lowest BCUT2D eigenvalue weighted by atomic mass is 9.95. The minimum absolute atomic E-state index is 0.327. The Morgan fingerprint density at radius 2 is 1.33 bits per heavy atom. The maximum absolute atomic E-state index is 12.2. The summed E-state index contributed by atoms with van der Waals surface area (Å²) in [7, 11) is 0. The van der Waals surface area contributed by atoms with Gasteiger partial charge in [-0.1, -0.05) is 89.1 Å². The maximum atomic E-state index is 12.2. The van der Waals surface area contributed by atoms with E-state index < -0.39 is 5.97 Å². The Bertz CT molecular complexity index is 984. The highest BCUT2D eigenvalue weighted by molar-refractivity contribution is 8.04. The Balaban J connectivity index is 2.21. The van der Waals surface area contributed by atoms with E-state index in [4.69, 9.17) is 0 Å². The minimum atomic E-state index is -0.919. The van der Waals surface area contributed by atoms with Crippen LogP contribution in [0.3, 0.4) is 0 Å². The van der Waals surface area contributed by atoms with Crippen LogP contribution in [-0.4, -0.2) is 11.1 Å². The van der Waals surface area contributed by atoms with Crippen molar-refractivity contribution in [2.24, 2.45) is 0 Å². The van der Waals surface area contributed by atoms with Gasteiger partial charge in [0.15, 0.2) is 0 Å². The second-order valence-corrected chi connectivity index (χ2v) is 7.74. The predicted molar refractivity (Wildman–Crippen MR) is 113 cm³/mol. The van der Waals surface area contributed by atoms with E-state index in [0.717, 1.165) is 38.3 Å². The molecule has 0 amide bonds. The molecular formula is C24H22O2S. The first-order valence-corrected chi connectivity index (χ1v) is 9.62. The fourth-order valence-corrected chi connectivity index (χ4v) is 3.81. The molecule has 0 atom stereocenters. The molecule has 0 spiro atoms. The number of aryl methyl sites for hydroxylation is 3. The average Bonchev–Trinajstić information content (AvgIpc) is 2.64. The molecule has 0 unspecified atom stereocenters. The SMILES string of the molecule is Cc1ccc(S/C(C(=O)O)=C(\c2ccc(C)cc2)c2cccc(C)c2)cc1. The fraction of sp³-hybridized carbons (Fsp3) is 0.125. The van der Waals surface area contributed by atoms with Crippen LogP contribution >= 0.6 is 11.8 Å². The summed E-state index contributed by atoms with van der Waals surface area (Å²) in [6.07, 6.45) is 0. The first kappa shape index (κ1) is 19.0. The van der Waals surface area contributed by atoms with E-state index in [1.54, 1.807) is 0 Å². The molecule has 0 heterocycles. The van der Waals surface area contributed by atoms with Crippen molar-refractivity contribution in [2.75, 3.05) is 0 Å². The molecule has 3 aromatic carbocycles. The van der Waals surface area contributed by atoms with E-state index >= 15 is 0 Å². The van der Waals surface area contributed by atoms with Crippen molar-refractivity contribution in [3.8, 4) is 0 Å². The quantitative estimate of drug-likeness (QED) is 0.424. The van der Waals surface area contributed by atoms with Gasteiger partial charge in [0, 0.05) is 10.5 Å². The lowest BCUT2D eigenvalue weighted by molar-refractivity contribution is -0.131. The van der Waals surface area contributed by atoms with Crippen LogP contribution in [-0.2, 0) is 4.79 Å². The van der Waals surface area contributed by atoms with Crippen LogP contribution < -0.4 is 0 Å². The van der Waals surface area contributed by atoms with Gasteiger partial charge in [-0.15, -0.1) is 0 Å². The molecule has 0 bridgehead atoms. The van der Waals surface area contributed by atoms with Gasteiger partial charge in [-0.3, -0.25) is 0 Å². The molecule has 0 aliphatic rings. The summed E-state index contributed by atoms with van der Waals surface area (Å²) in [6.45, 7) is 6.07. The summed E-state index contributed by atoms with van der Waals surface area (Å²) in [5.41, 5.74) is 5.96. The van der Waals surface area contributed by atoms with Crippen LogP contribution in [0.2, 0.25) is 0 Å². The number of carbonyl (C=O) groups is 1. The third kappa shape index (κ3) is 4.69. The van der Waals surface area contributed by atoms with Crippen molar-refractivity contribution in [1.29, 1.82) is 0 Å². The Kier molecular flexibility index (Phi) is 5.82. The highest BCUT2D eigenvalue weighted by Gasteiger charge is 2.19. The van der Waals surface area contributed by atoms with Crippen LogP contribution in [0.1, 0.15) is 27.8 Å². The standard InChI is InChI=1S/C24H22O2S/c1-16-7-11-19(12-8-16)22(20-6-4-5-18(3)15-20)23(24(25)26)27-21-13-9-17(2)10-14-21/h4-15H,1-3H3,(H,25,26)/b23-22+. The average molecular weight is 375 g/mol. The Morgan fingerprint density at radius 3 is 1.89 bits per heavy atom. The van der Waals surface area contributed by atoms with Crippen molar-refractivity contribution < 1.29 is 9.90 Å². The number of carboxylic acids is 1. The molecule has 3 aromatic rings. The smallest absolute Gasteiger partial charge is 0.343 e. The Labute approximate surface area is 164 Å². The van der Waals surface area contributed by atoms with Gasteiger partial charge in [0.2, 0.25) is 0 Å². The first-order valence-electron chi connectivity index (χ1n) is 8.80. The van der Waals surface area contributed by atoms with E-state index in [2.05, 4.69) is 0 Å². The van der Waals surface area contributed by atoms with Crippen molar-refractivity contribution in [2.45, 2.75) is 25.7 Å². The second kappa shape index (κ2) is 8.28. The van der Waals surface area contributed by atoms with E-state index in [9.17, 15) is 9.90 Å². The maximum Gasteiger partial charge on any atom is 0.343 e. The highest BCUT2D eigenvalue weighted by atomic mass is 32.2. The molecule has 3 heteroatoms. The summed E-state index contributed by atoms with van der Waals surface area (Å²) >= 11 is 1.29. The lowest BCUT2D eigenvalue weighted by Crippen LogP contribution is -2.03. The van der Waals surface area contributed by atoms with Gasteiger partial charge in [-0.05, 0) is 44.0 Å². The van der Waals surface area contributed by atoms with Crippen LogP contribution in [0.4, 0.5) is 0 Å². The third-order valence-corrected chi connectivity index (χ3v) is 5.40. The number of hydrogen-bond acceptors (Lipinski definition) is 2. The van der Waals surface area contributed by atoms with Gasteiger partial charge in [-0.2, -0.15) is 0 Å². The van der Waals surface area contributed by atoms with Crippen LogP contribution in [0.25, 0.3) is 5.57 Å². The van der Waals surface area contributed by atoms with E-state index in [-0.39, 0.29) is 0 Å².